The summed E-state index contributed by atoms with van der Waals surface area (Å²) in [5, 5.41) is 21.1. The molecule has 6 nitrogen and oxygen atoms in total. The largest absolute Gasteiger partial charge is 0.394 e. The molecule has 0 saturated heterocycles. The fourth-order valence-electron chi connectivity index (χ4n) is 2.98. The first kappa shape index (κ1) is 23.1. The van der Waals surface area contributed by atoms with E-state index in [0.29, 0.717) is 13.0 Å². The highest BCUT2D eigenvalue weighted by Gasteiger charge is 2.32. The van der Waals surface area contributed by atoms with Crippen LogP contribution in [0.4, 0.5) is 0 Å². The van der Waals surface area contributed by atoms with E-state index in [9.17, 15) is 14.7 Å². The van der Waals surface area contributed by atoms with Crippen LogP contribution < -0.4 is 5.32 Å². The molecule has 0 fully saturated rings. The molecule has 1 aromatic carbocycles. The molecule has 0 aliphatic heterocycles. The third-order valence-corrected chi connectivity index (χ3v) is 4.47. The molecular formula is C21H34N2O4. The van der Waals surface area contributed by atoms with Crippen molar-refractivity contribution in [3.63, 3.8) is 0 Å². The Balaban J connectivity index is 2.98. The van der Waals surface area contributed by atoms with Gasteiger partial charge in [0.05, 0.1) is 12.7 Å². The van der Waals surface area contributed by atoms with Crippen LogP contribution in [0.25, 0.3) is 0 Å². The Morgan fingerprint density at radius 3 is 2.37 bits per heavy atom. The lowest BCUT2D eigenvalue weighted by molar-refractivity contribution is -0.143. The van der Waals surface area contributed by atoms with Gasteiger partial charge in [-0.15, -0.1) is 0 Å². The molecule has 0 spiro atoms. The topological polar surface area (TPSA) is 89.9 Å². The van der Waals surface area contributed by atoms with E-state index in [4.69, 9.17) is 5.11 Å². The minimum Gasteiger partial charge on any atom is -0.394 e. The van der Waals surface area contributed by atoms with Gasteiger partial charge in [0.15, 0.2) is 0 Å². The van der Waals surface area contributed by atoms with Crippen LogP contribution in [-0.2, 0) is 16.1 Å². The standard InChI is InChI=1S/C21H34N2O4/c1-4-5-7-12-19(26)23(14-17-10-8-6-9-11-17)20(16(2)3)21(27)22-13-18(25)15-24/h6,8-11,16,18,20,24-25H,4-5,7,12-15H2,1-3H3,(H,22,27)/t18?,20-/m0/s1. The van der Waals surface area contributed by atoms with E-state index in [-0.39, 0.29) is 24.3 Å². The second-order valence-electron chi connectivity index (χ2n) is 7.23. The number of amides is 2. The van der Waals surface area contributed by atoms with E-state index in [2.05, 4.69) is 12.2 Å². The third-order valence-electron chi connectivity index (χ3n) is 4.47. The highest BCUT2D eigenvalue weighted by molar-refractivity contribution is 5.88. The normalized spacial score (nSPS) is 13.3. The molecule has 27 heavy (non-hydrogen) atoms. The number of nitrogens with one attached hydrogen (secondary N) is 1. The van der Waals surface area contributed by atoms with Crippen molar-refractivity contribution in [3.8, 4) is 0 Å². The van der Waals surface area contributed by atoms with Gasteiger partial charge in [0.2, 0.25) is 11.8 Å². The van der Waals surface area contributed by atoms with Crippen LogP contribution in [0, 0.1) is 5.92 Å². The molecule has 0 saturated carbocycles. The number of nitrogens with zero attached hydrogens (tertiary/aromatic N) is 1. The van der Waals surface area contributed by atoms with Crippen LogP contribution in [0.2, 0.25) is 0 Å². The van der Waals surface area contributed by atoms with Gasteiger partial charge in [-0.25, -0.2) is 0 Å². The SMILES string of the molecule is CCCCCC(=O)N(Cc1ccccc1)[C@H](C(=O)NCC(O)CO)C(C)C. The number of unbranched alkanes of at least 4 members (excludes halogenated alkanes) is 2. The number of aliphatic hydroxyl groups excluding tert-OH is 2. The summed E-state index contributed by atoms with van der Waals surface area (Å²) in [6.45, 7) is 5.81. The zero-order valence-corrected chi connectivity index (χ0v) is 16.7. The molecule has 1 unspecified atom stereocenters. The average molecular weight is 379 g/mol. The number of carbonyl (C=O) groups excluding carboxylic acids is 2. The highest BCUT2D eigenvalue weighted by Crippen LogP contribution is 2.18. The summed E-state index contributed by atoms with van der Waals surface area (Å²) in [4.78, 5) is 27.3. The minimum absolute atomic E-state index is 0.0381. The number of rotatable bonds is 12. The summed E-state index contributed by atoms with van der Waals surface area (Å²) in [6, 6.07) is 8.99. The predicted molar refractivity (Wildman–Crippen MR) is 106 cm³/mol. The second kappa shape index (κ2) is 12.5. The van der Waals surface area contributed by atoms with Gasteiger partial charge in [-0.05, 0) is 17.9 Å². The molecule has 2 atom stereocenters. The van der Waals surface area contributed by atoms with Crippen molar-refractivity contribution in [2.45, 2.75) is 65.1 Å². The number of benzene rings is 1. The van der Waals surface area contributed by atoms with Crippen molar-refractivity contribution in [2.75, 3.05) is 13.2 Å². The molecule has 2 amide bonds. The molecule has 1 rings (SSSR count). The Morgan fingerprint density at radius 2 is 1.81 bits per heavy atom. The summed E-state index contributed by atoms with van der Waals surface area (Å²) in [5.41, 5.74) is 0.968. The van der Waals surface area contributed by atoms with Crippen molar-refractivity contribution < 1.29 is 19.8 Å². The zero-order chi connectivity index (χ0) is 20.2. The Bertz CT molecular complexity index is 563. The van der Waals surface area contributed by atoms with Gasteiger partial charge in [-0.2, -0.15) is 0 Å². The molecule has 0 radical (unpaired) electrons. The van der Waals surface area contributed by atoms with Crippen molar-refractivity contribution >= 4 is 11.8 Å². The molecule has 0 aromatic heterocycles. The number of carbonyl (C=O) groups is 2. The van der Waals surface area contributed by atoms with Crippen LogP contribution in [0.15, 0.2) is 30.3 Å². The first-order valence-corrected chi connectivity index (χ1v) is 9.80. The van der Waals surface area contributed by atoms with E-state index < -0.39 is 18.8 Å². The van der Waals surface area contributed by atoms with Crippen LogP contribution in [-0.4, -0.2) is 52.2 Å². The Hall–Kier alpha value is -1.92. The fourth-order valence-corrected chi connectivity index (χ4v) is 2.98. The highest BCUT2D eigenvalue weighted by atomic mass is 16.3. The Kier molecular flexibility index (Phi) is 10.7. The lowest BCUT2D eigenvalue weighted by atomic mass is 9.99. The van der Waals surface area contributed by atoms with Crippen LogP contribution >= 0.6 is 0 Å². The van der Waals surface area contributed by atoms with Gasteiger partial charge in [-0.1, -0.05) is 63.9 Å². The summed E-state index contributed by atoms with van der Waals surface area (Å²) in [5.74, 6) is -0.434. The molecule has 0 heterocycles. The van der Waals surface area contributed by atoms with Crippen LogP contribution in [0.5, 0.6) is 0 Å². The van der Waals surface area contributed by atoms with E-state index in [1.54, 1.807) is 4.90 Å². The Labute approximate surface area is 162 Å². The minimum atomic E-state index is -1.01. The number of aliphatic hydroxyl groups is 2. The monoisotopic (exact) mass is 378 g/mol. The third kappa shape index (κ3) is 8.10. The van der Waals surface area contributed by atoms with Gasteiger partial charge in [0.1, 0.15) is 6.04 Å². The van der Waals surface area contributed by atoms with Crippen LogP contribution in [0.3, 0.4) is 0 Å². The lowest BCUT2D eigenvalue weighted by Gasteiger charge is -2.34. The first-order valence-electron chi connectivity index (χ1n) is 9.80. The van der Waals surface area contributed by atoms with E-state index >= 15 is 0 Å². The molecule has 0 aliphatic carbocycles. The molecule has 152 valence electrons. The first-order chi connectivity index (χ1) is 12.9. The van der Waals surface area contributed by atoms with Gasteiger partial charge >= 0.3 is 0 Å². The number of hydrogen-bond donors (Lipinski definition) is 3. The lowest BCUT2D eigenvalue weighted by Crippen LogP contribution is -2.53. The molecule has 3 N–H and O–H groups in total. The molecule has 6 heteroatoms. The van der Waals surface area contributed by atoms with Crippen molar-refractivity contribution in [2.24, 2.45) is 5.92 Å². The van der Waals surface area contributed by atoms with E-state index in [0.717, 1.165) is 24.8 Å². The van der Waals surface area contributed by atoms with Crippen LogP contribution in [0.1, 0.15) is 52.0 Å². The van der Waals surface area contributed by atoms with Gasteiger partial charge in [-0.3, -0.25) is 9.59 Å². The van der Waals surface area contributed by atoms with Crippen molar-refractivity contribution in [3.05, 3.63) is 35.9 Å². The zero-order valence-electron chi connectivity index (χ0n) is 16.7. The van der Waals surface area contributed by atoms with Gasteiger partial charge < -0.3 is 20.4 Å². The summed E-state index contributed by atoms with van der Waals surface area (Å²) in [7, 11) is 0. The quantitative estimate of drug-likeness (QED) is 0.486. The van der Waals surface area contributed by atoms with Gasteiger partial charge in [0.25, 0.3) is 0 Å². The smallest absolute Gasteiger partial charge is 0.243 e. The maximum absolute atomic E-state index is 12.9. The molecule has 0 aliphatic rings. The van der Waals surface area contributed by atoms with Crippen molar-refractivity contribution in [1.29, 1.82) is 0 Å². The maximum atomic E-state index is 12.9. The molecule has 1 aromatic rings. The van der Waals surface area contributed by atoms with E-state index in [1.165, 1.54) is 0 Å². The summed E-state index contributed by atoms with van der Waals surface area (Å²) < 4.78 is 0. The maximum Gasteiger partial charge on any atom is 0.243 e. The van der Waals surface area contributed by atoms with Gasteiger partial charge in [0, 0.05) is 19.5 Å². The Morgan fingerprint density at radius 1 is 1.15 bits per heavy atom. The fraction of sp³-hybridized carbons (Fsp3) is 0.619. The van der Waals surface area contributed by atoms with Crippen molar-refractivity contribution in [1.82, 2.24) is 10.2 Å². The predicted octanol–water partition coefficient (Wildman–Crippen LogP) is 2.09. The van der Waals surface area contributed by atoms with E-state index in [1.807, 2.05) is 44.2 Å². The molecular weight excluding hydrogens is 344 g/mol. The summed E-state index contributed by atoms with van der Waals surface area (Å²) in [6.07, 6.45) is 2.21. The number of hydrogen-bond acceptors (Lipinski definition) is 4. The molecule has 0 bridgehead atoms. The average Bonchev–Trinajstić information content (AvgIpc) is 2.66. The second-order valence-corrected chi connectivity index (χ2v) is 7.23. The summed E-state index contributed by atoms with van der Waals surface area (Å²) >= 11 is 0.